The molecule has 0 atom stereocenters. The maximum Gasteiger partial charge on any atom is 0.227 e. The Bertz CT molecular complexity index is 2890. The van der Waals surface area contributed by atoms with Gasteiger partial charge >= 0.3 is 0 Å². The van der Waals surface area contributed by atoms with Gasteiger partial charge in [-0.2, -0.15) is 11.3 Å². The number of nitrogens with one attached hydrogen (secondary N) is 2. The first-order valence-corrected chi connectivity index (χ1v) is 21.9. The lowest BCUT2D eigenvalue weighted by Gasteiger charge is -2.11. The minimum Gasteiger partial charge on any atom is -0.497 e. The largest absolute Gasteiger partial charge is 0.497 e. The quantitative estimate of drug-likeness (QED) is 0.142. The smallest absolute Gasteiger partial charge is 0.227 e. The van der Waals surface area contributed by atoms with E-state index in [4.69, 9.17) is 4.74 Å². The summed E-state index contributed by atoms with van der Waals surface area (Å²) < 4.78 is 6.62. The highest BCUT2D eigenvalue weighted by Crippen LogP contribution is 2.22. The van der Waals surface area contributed by atoms with E-state index in [0.717, 1.165) is 39.8 Å². The SMILES string of the molecule is C=CCc1c[nH]c2ccccc12.C=Cc1c[nH]c2ccccc12.C=Cc1ccc(N(C)C)cc1.C=Cc1ccc(OC)cc1.C=Cc1ccsc1.C=Cc1cn(C(C)=O)c2ccccc12. The van der Waals surface area contributed by atoms with Gasteiger partial charge in [-0.05, 0) is 99.1 Å². The number of anilines is 1. The average molecular weight is 877 g/mol. The third-order valence-corrected chi connectivity index (χ3v) is 10.7. The van der Waals surface area contributed by atoms with Crippen molar-refractivity contribution in [2.45, 2.75) is 13.3 Å². The van der Waals surface area contributed by atoms with Crippen LogP contribution < -0.4 is 9.64 Å². The highest BCUT2D eigenvalue weighted by atomic mass is 32.1. The van der Waals surface area contributed by atoms with Gasteiger partial charge < -0.3 is 19.6 Å². The Kier molecular flexibility index (Phi) is 20.3. The Hall–Kier alpha value is -7.87. The zero-order chi connectivity index (χ0) is 47.0. The van der Waals surface area contributed by atoms with E-state index in [9.17, 15) is 4.79 Å². The first kappa shape index (κ1) is 49.8. The molecule has 0 aliphatic rings. The highest BCUT2D eigenvalue weighted by Gasteiger charge is 2.07. The van der Waals surface area contributed by atoms with Crippen LogP contribution in [0.5, 0.6) is 5.75 Å². The van der Waals surface area contributed by atoms with Gasteiger partial charge in [0.25, 0.3) is 0 Å². The highest BCUT2D eigenvalue weighted by molar-refractivity contribution is 7.08. The molecule has 0 aliphatic heterocycles. The molecule has 0 spiro atoms. The van der Waals surface area contributed by atoms with Crippen molar-refractivity contribution in [1.82, 2.24) is 14.5 Å². The number of aromatic amines is 2. The number of hydrogen-bond donors (Lipinski definition) is 2. The number of allylic oxidation sites excluding steroid dienone is 1. The number of H-pyrrole nitrogens is 2. The van der Waals surface area contributed by atoms with E-state index in [2.05, 4.69) is 114 Å². The second-order valence-electron chi connectivity index (χ2n) is 14.5. The summed E-state index contributed by atoms with van der Waals surface area (Å²) in [7, 11) is 5.72. The Morgan fingerprint density at radius 2 is 1.17 bits per heavy atom. The van der Waals surface area contributed by atoms with Crippen molar-refractivity contribution >= 4 is 86.0 Å². The summed E-state index contributed by atoms with van der Waals surface area (Å²) in [6, 6.07) is 42.4. The van der Waals surface area contributed by atoms with Gasteiger partial charge in [-0.3, -0.25) is 9.36 Å². The molecule has 0 amide bonds. The fourth-order valence-electron chi connectivity index (χ4n) is 6.39. The molecule has 6 nitrogen and oxygen atoms in total. The lowest BCUT2D eigenvalue weighted by molar-refractivity contribution is 0.0941. The van der Waals surface area contributed by atoms with Crippen LogP contribution in [0.4, 0.5) is 5.69 Å². The van der Waals surface area contributed by atoms with Crippen LogP contribution in [0.2, 0.25) is 0 Å². The number of fused-ring (bicyclic) bond motifs is 3. The summed E-state index contributed by atoms with van der Waals surface area (Å²) in [6.45, 7) is 23.7. The van der Waals surface area contributed by atoms with Gasteiger partial charge in [-0.15, -0.1) is 6.58 Å². The second-order valence-corrected chi connectivity index (χ2v) is 15.2. The number of thiophene rings is 1. The van der Waals surface area contributed by atoms with Crippen LogP contribution >= 0.6 is 11.3 Å². The summed E-state index contributed by atoms with van der Waals surface area (Å²) in [5.41, 5.74) is 11.5. The summed E-state index contributed by atoms with van der Waals surface area (Å²) in [5, 5.41) is 7.71. The van der Waals surface area contributed by atoms with Crippen molar-refractivity contribution in [2.24, 2.45) is 0 Å². The lowest BCUT2D eigenvalue weighted by Crippen LogP contribution is -2.07. The zero-order valence-electron chi connectivity index (χ0n) is 38.0. The van der Waals surface area contributed by atoms with E-state index < -0.39 is 0 Å². The first-order chi connectivity index (χ1) is 31.6. The van der Waals surface area contributed by atoms with Crippen LogP contribution in [0.15, 0.2) is 202 Å². The number of ether oxygens (including phenoxy) is 1. The Balaban J connectivity index is 0.000000172. The number of para-hydroxylation sites is 3. The molecular weight excluding hydrogens is 817 g/mol. The summed E-state index contributed by atoms with van der Waals surface area (Å²) >= 11 is 1.69. The number of hydrogen-bond acceptors (Lipinski definition) is 4. The fourth-order valence-corrected chi connectivity index (χ4v) is 7.03. The molecule has 9 rings (SSSR count). The molecule has 2 N–H and O–H groups in total. The van der Waals surface area contributed by atoms with Crippen LogP contribution in [0.3, 0.4) is 0 Å². The standard InChI is InChI=1S/C12H11NO.C11H11N.C10H9N.C10H13N.C9H10O.C6H6S/c1-3-10-8-13(9(2)14)12-7-5-4-6-11(10)12;1-2-5-9-8-12-11-7-4-3-6-10(9)11;1-2-8-7-11-10-6-4-3-5-9(8)10;1-4-9-5-7-10(8-6-9)11(2)3;1-3-8-4-6-9(10-2)7-5-8;1-2-6-3-4-7-5-6/h3-8H,1H2,2H3;2-4,6-8,12H,1,5H2;2-7,11H,1H2;4-8H,1H2,2-3H3;3-7H,1H2,2H3;2-5H,1H2. The van der Waals surface area contributed by atoms with Gasteiger partial charge in [0.2, 0.25) is 5.91 Å². The summed E-state index contributed by atoms with van der Waals surface area (Å²) in [5.74, 6) is 0.903. The van der Waals surface area contributed by atoms with Gasteiger partial charge in [0.1, 0.15) is 5.75 Å². The lowest BCUT2D eigenvalue weighted by atomic mass is 10.1. The second kappa shape index (κ2) is 26.6. The van der Waals surface area contributed by atoms with Gasteiger partial charge in [0.05, 0.1) is 12.6 Å². The third kappa shape index (κ3) is 14.9. The van der Waals surface area contributed by atoms with Gasteiger partial charge in [0, 0.05) is 72.5 Å². The first-order valence-electron chi connectivity index (χ1n) is 21.0. The monoisotopic (exact) mass is 876 g/mol. The molecule has 7 heteroatoms. The van der Waals surface area contributed by atoms with Crippen LogP contribution in [0, 0.1) is 0 Å². The molecule has 0 radical (unpaired) electrons. The molecule has 4 aromatic heterocycles. The van der Waals surface area contributed by atoms with Crippen LogP contribution in [0.1, 0.15) is 45.1 Å². The van der Waals surface area contributed by atoms with E-state index in [0.29, 0.717) is 0 Å². The van der Waals surface area contributed by atoms with E-state index in [1.165, 1.54) is 44.2 Å². The minimum absolute atomic E-state index is 0.0225. The molecular formula is C58H60N4O2S. The maximum atomic E-state index is 11.3. The molecule has 0 saturated heterocycles. The van der Waals surface area contributed by atoms with Crippen molar-refractivity contribution < 1.29 is 9.53 Å². The van der Waals surface area contributed by atoms with Gasteiger partial charge in [0.15, 0.2) is 0 Å². The maximum absolute atomic E-state index is 11.3. The van der Waals surface area contributed by atoms with Crippen molar-refractivity contribution in [3.63, 3.8) is 0 Å². The van der Waals surface area contributed by atoms with Gasteiger partial charge in [-0.1, -0.05) is 148 Å². The predicted octanol–water partition coefficient (Wildman–Crippen LogP) is 15.8. The van der Waals surface area contributed by atoms with Crippen molar-refractivity contribution in [2.75, 3.05) is 26.1 Å². The molecule has 9 aromatic rings. The van der Waals surface area contributed by atoms with Crippen molar-refractivity contribution in [3.8, 4) is 5.75 Å². The summed E-state index contributed by atoms with van der Waals surface area (Å²) in [6.07, 6.45) is 17.8. The number of carbonyl (C=O) groups excluding carboxylic acids is 1. The number of benzene rings is 5. The molecule has 330 valence electrons. The van der Waals surface area contributed by atoms with E-state index >= 15 is 0 Å². The normalized spacial score (nSPS) is 9.72. The Labute approximate surface area is 389 Å². The third-order valence-electron chi connectivity index (χ3n) is 9.96. The fraction of sp³-hybridized carbons (Fsp3) is 0.0862. The van der Waals surface area contributed by atoms with E-state index in [1.807, 2.05) is 135 Å². The average Bonchev–Trinajstić information content (AvgIpc) is 4.19. The Morgan fingerprint density at radius 3 is 1.68 bits per heavy atom. The van der Waals surface area contributed by atoms with Gasteiger partial charge in [-0.25, -0.2) is 0 Å². The van der Waals surface area contributed by atoms with Crippen LogP contribution in [0.25, 0.3) is 63.1 Å². The van der Waals surface area contributed by atoms with Crippen molar-refractivity contribution in [1.29, 1.82) is 0 Å². The number of methoxy groups -OCH3 is 1. The number of rotatable bonds is 9. The van der Waals surface area contributed by atoms with Crippen LogP contribution in [-0.4, -0.2) is 41.6 Å². The number of carbonyl (C=O) groups is 1. The molecule has 65 heavy (non-hydrogen) atoms. The molecule has 5 aromatic carbocycles. The molecule has 0 fully saturated rings. The number of aromatic nitrogens is 3. The molecule has 4 heterocycles. The summed E-state index contributed by atoms with van der Waals surface area (Å²) in [4.78, 5) is 19.8. The Morgan fingerprint density at radius 1 is 0.631 bits per heavy atom. The van der Waals surface area contributed by atoms with Crippen LogP contribution in [-0.2, 0) is 6.42 Å². The molecule has 0 saturated carbocycles. The van der Waals surface area contributed by atoms with E-state index in [-0.39, 0.29) is 5.91 Å². The predicted molar refractivity (Wildman–Crippen MR) is 287 cm³/mol. The molecule has 0 unspecified atom stereocenters. The molecule has 0 bridgehead atoms. The zero-order valence-corrected chi connectivity index (χ0v) is 38.9. The topological polar surface area (TPSA) is 66.0 Å². The molecule has 0 aliphatic carbocycles. The van der Waals surface area contributed by atoms with Crippen molar-refractivity contribution in [3.05, 3.63) is 236 Å². The number of nitrogens with zero attached hydrogens (tertiary/aromatic N) is 2. The van der Waals surface area contributed by atoms with E-state index in [1.54, 1.807) is 42.1 Å². The minimum atomic E-state index is 0.0225.